The van der Waals surface area contributed by atoms with Crippen molar-refractivity contribution < 1.29 is 19.4 Å². The van der Waals surface area contributed by atoms with Gasteiger partial charge < -0.3 is 20.5 Å². The lowest BCUT2D eigenvalue weighted by molar-refractivity contribution is -0.149. The van der Waals surface area contributed by atoms with Crippen LogP contribution in [0.15, 0.2) is 24.3 Å². The van der Waals surface area contributed by atoms with Crippen molar-refractivity contribution in [3.05, 3.63) is 29.8 Å². The molecule has 1 rings (SSSR count). The summed E-state index contributed by atoms with van der Waals surface area (Å²) in [4.78, 5) is 22.9. The maximum Gasteiger partial charge on any atom is 0.336 e. The lowest BCUT2D eigenvalue weighted by Crippen LogP contribution is -2.37. The number of ether oxygens (including phenoxy) is 1. The van der Waals surface area contributed by atoms with Crippen LogP contribution in [-0.4, -0.2) is 43.3 Å². The second kappa shape index (κ2) is 7.38. The fourth-order valence-corrected chi connectivity index (χ4v) is 1.53. The van der Waals surface area contributed by atoms with Gasteiger partial charge in [0.05, 0.1) is 19.2 Å². The molecule has 0 saturated heterocycles. The first-order valence-electron chi connectivity index (χ1n) is 5.97. The molecule has 104 valence electrons. The van der Waals surface area contributed by atoms with E-state index in [4.69, 9.17) is 0 Å². The highest BCUT2D eigenvalue weighted by atomic mass is 16.5. The molecule has 0 saturated carbocycles. The van der Waals surface area contributed by atoms with Gasteiger partial charge in [-0.3, -0.25) is 4.79 Å². The van der Waals surface area contributed by atoms with Gasteiger partial charge in [0.25, 0.3) is 5.91 Å². The Morgan fingerprint density at radius 1 is 1.37 bits per heavy atom. The first-order chi connectivity index (χ1) is 9.10. The number of methoxy groups -OCH3 is 1. The number of carbonyl (C=O) groups excluding carboxylic acids is 2. The molecule has 0 radical (unpaired) electrons. The van der Waals surface area contributed by atoms with Crippen LogP contribution in [0.3, 0.4) is 0 Å². The van der Waals surface area contributed by atoms with Crippen molar-refractivity contribution in [2.75, 3.05) is 25.5 Å². The molecular formula is C13H18N2O4. The van der Waals surface area contributed by atoms with E-state index in [1.54, 1.807) is 18.2 Å². The number of aliphatic hydroxyl groups is 1. The van der Waals surface area contributed by atoms with Crippen LogP contribution in [0.1, 0.15) is 17.3 Å². The van der Waals surface area contributed by atoms with Gasteiger partial charge in [0.1, 0.15) is 0 Å². The van der Waals surface area contributed by atoms with E-state index in [1.165, 1.54) is 7.11 Å². The van der Waals surface area contributed by atoms with E-state index in [2.05, 4.69) is 15.4 Å². The minimum Gasteiger partial charge on any atom is -0.467 e. The lowest BCUT2D eigenvalue weighted by atomic mass is 10.1. The van der Waals surface area contributed by atoms with Crippen molar-refractivity contribution in [2.45, 2.75) is 13.0 Å². The van der Waals surface area contributed by atoms with E-state index in [0.29, 0.717) is 17.8 Å². The van der Waals surface area contributed by atoms with Gasteiger partial charge in [0.2, 0.25) is 0 Å². The summed E-state index contributed by atoms with van der Waals surface area (Å²) in [6.45, 7) is 2.43. The minimum atomic E-state index is -1.36. The van der Waals surface area contributed by atoms with Crippen molar-refractivity contribution in [3.63, 3.8) is 0 Å². The summed E-state index contributed by atoms with van der Waals surface area (Å²) in [5.41, 5.74) is 1.16. The van der Waals surface area contributed by atoms with Crippen molar-refractivity contribution in [1.82, 2.24) is 5.32 Å². The minimum absolute atomic E-state index is 0.189. The fraction of sp³-hybridized carbons (Fsp3) is 0.385. The number of benzene rings is 1. The molecule has 6 nitrogen and oxygen atoms in total. The van der Waals surface area contributed by atoms with Crippen LogP contribution < -0.4 is 10.6 Å². The van der Waals surface area contributed by atoms with Crippen LogP contribution >= 0.6 is 0 Å². The number of rotatable bonds is 6. The Kier molecular flexibility index (Phi) is 5.81. The van der Waals surface area contributed by atoms with Crippen LogP contribution in [0.5, 0.6) is 0 Å². The van der Waals surface area contributed by atoms with Crippen molar-refractivity contribution in [2.24, 2.45) is 0 Å². The summed E-state index contributed by atoms with van der Waals surface area (Å²) in [7, 11) is 1.17. The van der Waals surface area contributed by atoms with Gasteiger partial charge >= 0.3 is 5.97 Å². The number of esters is 1. The highest BCUT2D eigenvalue weighted by Gasteiger charge is 2.17. The third-order valence-electron chi connectivity index (χ3n) is 2.47. The lowest BCUT2D eigenvalue weighted by Gasteiger charge is -2.12. The predicted molar refractivity (Wildman–Crippen MR) is 71.0 cm³/mol. The third kappa shape index (κ3) is 4.26. The number of anilines is 1. The third-order valence-corrected chi connectivity index (χ3v) is 2.47. The van der Waals surface area contributed by atoms with Gasteiger partial charge in [-0.2, -0.15) is 0 Å². The quantitative estimate of drug-likeness (QED) is 0.648. The maximum absolute atomic E-state index is 11.9. The first kappa shape index (κ1) is 15.0. The molecule has 1 aromatic rings. The van der Waals surface area contributed by atoms with E-state index < -0.39 is 12.1 Å². The molecule has 1 amide bonds. The summed E-state index contributed by atoms with van der Waals surface area (Å²) in [6, 6.07) is 7.01. The summed E-state index contributed by atoms with van der Waals surface area (Å²) in [5, 5.41) is 14.9. The average molecular weight is 266 g/mol. The summed E-state index contributed by atoms with van der Waals surface area (Å²) < 4.78 is 4.36. The summed E-state index contributed by atoms with van der Waals surface area (Å²) in [5.74, 6) is -1.14. The van der Waals surface area contributed by atoms with Crippen LogP contribution in [0.25, 0.3) is 0 Å². The second-order valence-electron chi connectivity index (χ2n) is 3.82. The molecule has 0 bridgehead atoms. The van der Waals surface area contributed by atoms with Crippen molar-refractivity contribution in [1.29, 1.82) is 0 Å². The van der Waals surface area contributed by atoms with Crippen LogP contribution in [0, 0.1) is 0 Å². The van der Waals surface area contributed by atoms with E-state index in [1.807, 2.05) is 13.0 Å². The number of para-hydroxylation sites is 1. The molecular weight excluding hydrogens is 248 g/mol. The van der Waals surface area contributed by atoms with Crippen molar-refractivity contribution >= 4 is 17.6 Å². The van der Waals surface area contributed by atoms with E-state index in [9.17, 15) is 14.7 Å². The smallest absolute Gasteiger partial charge is 0.336 e. The zero-order valence-electron chi connectivity index (χ0n) is 11.0. The summed E-state index contributed by atoms with van der Waals surface area (Å²) in [6.07, 6.45) is -1.36. The zero-order valence-corrected chi connectivity index (χ0v) is 11.0. The van der Waals surface area contributed by atoms with E-state index >= 15 is 0 Å². The molecule has 0 heterocycles. The van der Waals surface area contributed by atoms with Crippen molar-refractivity contribution in [3.8, 4) is 0 Å². The SMILES string of the molecule is CCNc1ccccc1C(=O)NCC(O)C(=O)OC. The molecule has 1 unspecified atom stereocenters. The monoisotopic (exact) mass is 266 g/mol. The predicted octanol–water partition coefficient (Wildman–Crippen LogP) is 0.382. The molecule has 0 aliphatic carbocycles. The van der Waals surface area contributed by atoms with E-state index in [0.717, 1.165) is 0 Å². The van der Waals surface area contributed by atoms with Gasteiger partial charge in [-0.15, -0.1) is 0 Å². The van der Waals surface area contributed by atoms with E-state index in [-0.39, 0.29) is 12.5 Å². The Hall–Kier alpha value is -2.08. The van der Waals surface area contributed by atoms with Gasteiger partial charge in [0.15, 0.2) is 6.10 Å². The average Bonchev–Trinajstić information content (AvgIpc) is 2.44. The first-order valence-corrected chi connectivity index (χ1v) is 5.97. The number of hydrogen-bond acceptors (Lipinski definition) is 5. The van der Waals surface area contributed by atoms with Crippen LogP contribution in [0.4, 0.5) is 5.69 Å². The topological polar surface area (TPSA) is 87.7 Å². The highest BCUT2D eigenvalue weighted by molar-refractivity contribution is 5.99. The maximum atomic E-state index is 11.9. The Bertz CT molecular complexity index is 448. The Morgan fingerprint density at radius 2 is 2.05 bits per heavy atom. The summed E-state index contributed by atoms with van der Waals surface area (Å²) >= 11 is 0. The van der Waals surface area contributed by atoms with Gasteiger partial charge in [0, 0.05) is 12.2 Å². The molecule has 3 N–H and O–H groups in total. The van der Waals surface area contributed by atoms with Crippen LogP contribution in [0.2, 0.25) is 0 Å². The molecule has 19 heavy (non-hydrogen) atoms. The molecule has 0 aromatic heterocycles. The number of amides is 1. The molecule has 0 fully saturated rings. The standard InChI is InChI=1S/C13H18N2O4/c1-3-14-10-7-5-4-6-9(10)12(17)15-8-11(16)13(18)19-2/h4-7,11,14,16H,3,8H2,1-2H3,(H,15,17). The highest BCUT2D eigenvalue weighted by Crippen LogP contribution is 2.14. The number of aliphatic hydroxyl groups excluding tert-OH is 1. The zero-order chi connectivity index (χ0) is 14.3. The normalized spacial score (nSPS) is 11.5. The number of hydrogen-bond donors (Lipinski definition) is 3. The molecule has 1 aromatic carbocycles. The second-order valence-corrected chi connectivity index (χ2v) is 3.82. The Morgan fingerprint density at radius 3 is 2.68 bits per heavy atom. The molecule has 0 spiro atoms. The van der Waals surface area contributed by atoms with Crippen LogP contribution in [-0.2, 0) is 9.53 Å². The molecule has 6 heteroatoms. The van der Waals surface area contributed by atoms with Gasteiger partial charge in [-0.05, 0) is 19.1 Å². The molecule has 0 aliphatic heterocycles. The molecule has 1 atom stereocenters. The Labute approximate surface area is 111 Å². The molecule has 0 aliphatic rings. The number of nitrogens with one attached hydrogen (secondary N) is 2. The Balaban J connectivity index is 2.65. The van der Waals surface area contributed by atoms with Gasteiger partial charge in [-0.25, -0.2) is 4.79 Å². The van der Waals surface area contributed by atoms with Gasteiger partial charge in [-0.1, -0.05) is 12.1 Å². The largest absolute Gasteiger partial charge is 0.467 e. The fourth-order valence-electron chi connectivity index (χ4n) is 1.53. The number of carbonyl (C=O) groups is 2.